The maximum atomic E-state index is 12.0. The lowest BCUT2D eigenvalue weighted by Gasteiger charge is -2.17. The first-order valence-corrected chi connectivity index (χ1v) is 6.16. The largest absolute Gasteiger partial charge is 0.465 e. The Morgan fingerprint density at radius 1 is 1.53 bits per heavy atom. The molecule has 2 rings (SSSR count). The number of benzene rings is 1. The smallest absolute Gasteiger partial charge is 0.327 e. The number of nitrogens with one attached hydrogen (secondary N) is 1. The second kappa shape index (κ2) is 6.24. The van der Waals surface area contributed by atoms with Gasteiger partial charge in [0.15, 0.2) is 11.5 Å². The van der Waals surface area contributed by atoms with E-state index < -0.39 is 6.04 Å². The fourth-order valence-corrected chi connectivity index (χ4v) is 1.86. The first-order valence-electron chi connectivity index (χ1n) is 6.16. The van der Waals surface area contributed by atoms with Gasteiger partial charge >= 0.3 is 5.97 Å². The summed E-state index contributed by atoms with van der Waals surface area (Å²) >= 11 is 0. The first kappa shape index (κ1) is 13.4. The van der Waals surface area contributed by atoms with Crippen molar-refractivity contribution in [1.82, 2.24) is 5.32 Å². The molecule has 0 amide bonds. The predicted octanol–water partition coefficient (Wildman–Crippen LogP) is 1.80. The molecular weight excluding hydrogens is 246 g/mol. The van der Waals surface area contributed by atoms with Gasteiger partial charge in [-0.25, -0.2) is 4.79 Å². The number of esters is 1. The highest BCUT2D eigenvalue weighted by atomic mass is 16.7. The number of rotatable bonds is 6. The number of ether oxygens (including phenoxy) is 3. The van der Waals surface area contributed by atoms with Crippen molar-refractivity contribution in [3.63, 3.8) is 0 Å². The second-order valence-corrected chi connectivity index (χ2v) is 3.99. The van der Waals surface area contributed by atoms with Crippen LogP contribution in [0, 0.1) is 0 Å². The van der Waals surface area contributed by atoms with Crippen molar-refractivity contribution in [2.75, 3.05) is 19.9 Å². The highest BCUT2D eigenvalue weighted by Gasteiger charge is 2.23. The van der Waals surface area contributed by atoms with Gasteiger partial charge in [-0.05, 0) is 24.6 Å². The Morgan fingerprint density at radius 2 is 2.32 bits per heavy atom. The molecule has 1 heterocycles. The summed E-state index contributed by atoms with van der Waals surface area (Å²) in [5.41, 5.74) is 0.782. The average Bonchev–Trinajstić information content (AvgIpc) is 2.87. The van der Waals surface area contributed by atoms with Crippen molar-refractivity contribution in [2.45, 2.75) is 13.0 Å². The zero-order valence-corrected chi connectivity index (χ0v) is 10.8. The molecule has 0 fully saturated rings. The molecule has 1 unspecified atom stereocenters. The van der Waals surface area contributed by atoms with E-state index in [1.54, 1.807) is 25.1 Å². The number of fused-ring (bicyclic) bond motifs is 1. The molecule has 0 aliphatic carbocycles. The van der Waals surface area contributed by atoms with Crippen molar-refractivity contribution in [3.05, 3.63) is 36.4 Å². The van der Waals surface area contributed by atoms with E-state index in [0.29, 0.717) is 24.7 Å². The monoisotopic (exact) mass is 263 g/mol. The molecule has 0 aromatic heterocycles. The first-order chi connectivity index (χ1) is 9.26. The Morgan fingerprint density at radius 3 is 3.05 bits per heavy atom. The van der Waals surface area contributed by atoms with E-state index in [4.69, 9.17) is 14.2 Å². The van der Waals surface area contributed by atoms with E-state index in [2.05, 4.69) is 11.9 Å². The Kier molecular flexibility index (Phi) is 4.41. The van der Waals surface area contributed by atoms with Crippen molar-refractivity contribution < 1.29 is 19.0 Å². The highest BCUT2D eigenvalue weighted by Crippen LogP contribution is 2.34. The van der Waals surface area contributed by atoms with Gasteiger partial charge in [0.05, 0.1) is 6.61 Å². The molecule has 19 heavy (non-hydrogen) atoms. The van der Waals surface area contributed by atoms with Crippen LogP contribution in [0.15, 0.2) is 30.9 Å². The summed E-state index contributed by atoms with van der Waals surface area (Å²) in [4.78, 5) is 12.0. The maximum absolute atomic E-state index is 12.0. The predicted molar refractivity (Wildman–Crippen MR) is 70.1 cm³/mol. The van der Waals surface area contributed by atoms with Crippen LogP contribution < -0.4 is 14.8 Å². The van der Waals surface area contributed by atoms with Crippen molar-refractivity contribution in [3.8, 4) is 11.5 Å². The Balaban J connectivity index is 2.21. The standard InChI is InChI=1S/C14H17NO4/c1-3-7-15-13(14(16)17-4-2)10-5-6-11-12(8-10)19-9-18-11/h3,5-6,8,13,15H,1,4,7,9H2,2H3. The summed E-state index contributed by atoms with van der Waals surface area (Å²) in [7, 11) is 0. The summed E-state index contributed by atoms with van der Waals surface area (Å²) in [6, 6.07) is 4.87. The zero-order valence-electron chi connectivity index (χ0n) is 10.8. The van der Waals surface area contributed by atoms with E-state index in [-0.39, 0.29) is 12.8 Å². The van der Waals surface area contributed by atoms with Crippen LogP contribution >= 0.6 is 0 Å². The third-order valence-corrected chi connectivity index (χ3v) is 2.72. The molecule has 0 spiro atoms. The lowest BCUT2D eigenvalue weighted by atomic mass is 10.1. The molecule has 0 saturated heterocycles. The van der Waals surface area contributed by atoms with Gasteiger partial charge in [0.1, 0.15) is 6.04 Å². The summed E-state index contributed by atoms with van der Waals surface area (Å²) < 4.78 is 15.6. The third-order valence-electron chi connectivity index (χ3n) is 2.72. The fourth-order valence-electron chi connectivity index (χ4n) is 1.86. The molecule has 1 atom stereocenters. The van der Waals surface area contributed by atoms with E-state index in [1.807, 2.05) is 6.07 Å². The van der Waals surface area contributed by atoms with Crippen LogP contribution in [0.2, 0.25) is 0 Å². The molecule has 0 radical (unpaired) electrons. The number of carbonyl (C=O) groups is 1. The number of hydrogen-bond donors (Lipinski definition) is 1. The maximum Gasteiger partial charge on any atom is 0.327 e. The fraction of sp³-hybridized carbons (Fsp3) is 0.357. The summed E-state index contributed by atoms with van der Waals surface area (Å²) in [5, 5.41) is 3.07. The van der Waals surface area contributed by atoms with Crippen LogP contribution in [0.25, 0.3) is 0 Å². The Hall–Kier alpha value is -2.01. The van der Waals surface area contributed by atoms with Crippen LogP contribution in [-0.2, 0) is 9.53 Å². The molecule has 1 N–H and O–H groups in total. The van der Waals surface area contributed by atoms with Gasteiger partial charge in [0, 0.05) is 6.54 Å². The minimum Gasteiger partial charge on any atom is -0.465 e. The van der Waals surface area contributed by atoms with Crippen LogP contribution in [0.1, 0.15) is 18.5 Å². The molecule has 1 aliphatic heterocycles. The van der Waals surface area contributed by atoms with Crippen LogP contribution in [-0.4, -0.2) is 25.9 Å². The van der Waals surface area contributed by atoms with Gasteiger partial charge in [-0.3, -0.25) is 5.32 Å². The molecule has 0 bridgehead atoms. The minimum absolute atomic E-state index is 0.211. The molecule has 0 saturated carbocycles. The molecular formula is C14H17NO4. The summed E-state index contributed by atoms with van der Waals surface area (Å²) in [5.74, 6) is 1.02. The normalized spacial score (nSPS) is 13.9. The summed E-state index contributed by atoms with van der Waals surface area (Å²) in [6.45, 7) is 6.48. The second-order valence-electron chi connectivity index (χ2n) is 3.99. The Labute approximate surface area is 112 Å². The molecule has 5 heteroatoms. The number of carbonyl (C=O) groups excluding carboxylic acids is 1. The van der Waals surface area contributed by atoms with Gasteiger partial charge in [0.25, 0.3) is 0 Å². The molecule has 1 aliphatic rings. The SMILES string of the molecule is C=CCNC(C(=O)OCC)c1ccc2c(c1)OCO2. The van der Waals surface area contributed by atoms with E-state index >= 15 is 0 Å². The van der Waals surface area contributed by atoms with Gasteiger partial charge in [-0.1, -0.05) is 12.1 Å². The van der Waals surface area contributed by atoms with Crippen molar-refractivity contribution in [1.29, 1.82) is 0 Å². The van der Waals surface area contributed by atoms with Gasteiger partial charge in [0.2, 0.25) is 6.79 Å². The third kappa shape index (κ3) is 3.06. The summed E-state index contributed by atoms with van der Waals surface area (Å²) in [6.07, 6.45) is 1.69. The Bertz CT molecular complexity index is 473. The minimum atomic E-state index is -0.535. The van der Waals surface area contributed by atoms with Gasteiger partial charge < -0.3 is 14.2 Å². The molecule has 1 aromatic rings. The lowest BCUT2D eigenvalue weighted by molar-refractivity contribution is -0.145. The van der Waals surface area contributed by atoms with Gasteiger partial charge in [-0.2, -0.15) is 0 Å². The average molecular weight is 263 g/mol. The van der Waals surface area contributed by atoms with Crippen LogP contribution in [0.3, 0.4) is 0 Å². The molecule has 102 valence electrons. The lowest BCUT2D eigenvalue weighted by Crippen LogP contribution is -2.30. The van der Waals surface area contributed by atoms with Crippen LogP contribution in [0.4, 0.5) is 0 Å². The van der Waals surface area contributed by atoms with E-state index in [0.717, 1.165) is 5.56 Å². The van der Waals surface area contributed by atoms with Crippen molar-refractivity contribution in [2.24, 2.45) is 0 Å². The van der Waals surface area contributed by atoms with Crippen molar-refractivity contribution >= 4 is 5.97 Å². The molecule has 5 nitrogen and oxygen atoms in total. The quantitative estimate of drug-likeness (QED) is 0.626. The molecule has 1 aromatic carbocycles. The van der Waals surface area contributed by atoms with E-state index in [1.165, 1.54) is 0 Å². The van der Waals surface area contributed by atoms with E-state index in [9.17, 15) is 4.79 Å². The topological polar surface area (TPSA) is 56.8 Å². The highest BCUT2D eigenvalue weighted by molar-refractivity contribution is 5.78. The van der Waals surface area contributed by atoms with Gasteiger partial charge in [-0.15, -0.1) is 6.58 Å². The van der Waals surface area contributed by atoms with Crippen LogP contribution in [0.5, 0.6) is 11.5 Å². The zero-order chi connectivity index (χ0) is 13.7. The number of hydrogen-bond acceptors (Lipinski definition) is 5.